The van der Waals surface area contributed by atoms with E-state index in [0.717, 1.165) is 23.4 Å². The Balaban J connectivity index is 1.70. The van der Waals surface area contributed by atoms with Gasteiger partial charge >= 0.3 is 0 Å². The molecular weight excluding hydrogens is 366 g/mol. The smallest absolute Gasteiger partial charge is 0.236 e. The second-order valence-electron chi connectivity index (χ2n) is 8.01. The Labute approximate surface area is 173 Å². The molecule has 0 saturated carbocycles. The number of carbonyl (C=O) groups is 1. The number of methoxy groups -OCH3 is 1. The number of nitrogens with zero attached hydrogens (tertiary/aromatic N) is 3. The molecular formula is C23H31N3O3. The second-order valence-corrected chi connectivity index (χ2v) is 8.01. The van der Waals surface area contributed by atoms with Gasteiger partial charge in [0.2, 0.25) is 5.91 Å². The van der Waals surface area contributed by atoms with Gasteiger partial charge in [0, 0.05) is 38.6 Å². The Morgan fingerprint density at radius 1 is 1.17 bits per heavy atom. The van der Waals surface area contributed by atoms with E-state index in [-0.39, 0.29) is 12.0 Å². The van der Waals surface area contributed by atoms with Crippen molar-refractivity contribution in [2.45, 2.75) is 33.1 Å². The maximum absolute atomic E-state index is 12.9. The van der Waals surface area contributed by atoms with Crippen molar-refractivity contribution in [3.05, 3.63) is 59.9 Å². The van der Waals surface area contributed by atoms with E-state index >= 15 is 0 Å². The highest BCUT2D eigenvalue weighted by molar-refractivity contribution is 5.78. The number of amides is 1. The van der Waals surface area contributed by atoms with Gasteiger partial charge < -0.3 is 14.4 Å². The summed E-state index contributed by atoms with van der Waals surface area (Å²) in [5.41, 5.74) is 2.17. The van der Waals surface area contributed by atoms with Crippen molar-refractivity contribution < 1.29 is 14.3 Å². The molecule has 0 aliphatic carbocycles. The first kappa shape index (κ1) is 21.3. The molecule has 29 heavy (non-hydrogen) atoms. The molecule has 1 aliphatic rings. The van der Waals surface area contributed by atoms with Gasteiger partial charge in [-0.1, -0.05) is 32.0 Å². The molecule has 156 valence electrons. The molecule has 3 rings (SSSR count). The number of carbonyl (C=O) groups excluding carboxylic acids is 1. The largest absolute Gasteiger partial charge is 0.497 e. The summed E-state index contributed by atoms with van der Waals surface area (Å²) in [7, 11) is 1.66. The van der Waals surface area contributed by atoms with Crippen LogP contribution in [0.25, 0.3) is 0 Å². The predicted octanol–water partition coefficient (Wildman–Crippen LogP) is 2.98. The third-order valence-corrected chi connectivity index (χ3v) is 4.93. The molecule has 1 fully saturated rings. The van der Waals surface area contributed by atoms with Crippen LogP contribution in [0.2, 0.25) is 0 Å². The van der Waals surface area contributed by atoms with Crippen LogP contribution in [-0.4, -0.2) is 60.1 Å². The van der Waals surface area contributed by atoms with Crippen LogP contribution in [0.15, 0.2) is 48.8 Å². The number of rotatable bonds is 8. The summed E-state index contributed by atoms with van der Waals surface area (Å²) in [6.07, 6.45) is 3.57. The minimum absolute atomic E-state index is 0.0527. The molecule has 1 saturated heterocycles. The summed E-state index contributed by atoms with van der Waals surface area (Å²) in [6, 6.07) is 11.9. The average molecular weight is 398 g/mol. The fourth-order valence-corrected chi connectivity index (χ4v) is 3.62. The molecule has 0 bridgehead atoms. The monoisotopic (exact) mass is 397 g/mol. The van der Waals surface area contributed by atoms with Crippen molar-refractivity contribution in [3.8, 4) is 5.75 Å². The van der Waals surface area contributed by atoms with Crippen LogP contribution < -0.4 is 4.74 Å². The van der Waals surface area contributed by atoms with Gasteiger partial charge in [-0.3, -0.25) is 14.7 Å². The topological polar surface area (TPSA) is 54.9 Å². The van der Waals surface area contributed by atoms with Gasteiger partial charge in [-0.15, -0.1) is 0 Å². The van der Waals surface area contributed by atoms with E-state index in [4.69, 9.17) is 9.47 Å². The van der Waals surface area contributed by atoms with Crippen LogP contribution in [0.3, 0.4) is 0 Å². The molecule has 1 aromatic heterocycles. The van der Waals surface area contributed by atoms with Crippen LogP contribution in [0, 0.1) is 5.92 Å². The van der Waals surface area contributed by atoms with E-state index in [2.05, 4.69) is 23.7 Å². The van der Waals surface area contributed by atoms with Crippen molar-refractivity contribution in [3.63, 3.8) is 0 Å². The van der Waals surface area contributed by atoms with E-state index in [1.54, 1.807) is 13.3 Å². The van der Waals surface area contributed by atoms with Gasteiger partial charge in [-0.2, -0.15) is 0 Å². The van der Waals surface area contributed by atoms with Gasteiger partial charge in [0.25, 0.3) is 0 Å². The molecule has 2 heterocycles. The fourth-order valence-electron chi connectivity index (χ4n) is 3.62. The maximum atomic E-state index is 12.9. The zero-order valence-electron chi connectivity index (χ0n) is 17.6. The third-order valence-electron chi connectivity index (χ3n) is 4.93. The molecule has 1 atom stereocenters. The van der Waals surface area contributed by atoms with Gasteiger partial charge in [-0.05, 0) is 35.2 Å². The molecule has 0 N–H and O–H groups in total. The molecule has 0 spiro atoms. The Hall–Kier alpha value is -2.44. The summed E-state index contributed by atoms with van der Waals surface area (Å²) in [4.78, 5) is 21.2. The van der Waals surface area contributed by atoms with E-state index < -0.39 is 0 Å². The van der Waals surface area contributed by atoms with Crippen molar-refractivity contribution in [2.24, 2.45) is 5.92 Å². The first-order chi connectivity index (χ1) is 14.0. The number of aromatic nitrogens is 1. The van der Waals surface area contributed by atoms with E-state index in [1.807, 2.05) is 47.5 Å². The predicted molar refractivity (Wildman–Crippen MR) is 113 cm³/mol. The zero-order valence-corrected chi connectivity index (χ0v) is 17.6. The first-order valence-corrected chi connectivity index (χ1v) is 10.2. The summed E-state index contributed by atoms with van der Waals surface area (Å²) in [5.74, 6) is 1.40. The Morgan fingerprint density at radius 2 is 2.00 bits per heavy atom. The Bertz CT molecular complexity index is 782. The number of ether oxygens (including phenoxy) is 2. The molecule has 6 nitrogen and oxygen atoms in total. The SMILES string of the molecule is COc1cccc(COC2CN(Cc3cccnc3)CC(=O)N(CC(C)C)C2)c1. The van der Waals surface area contributed by atoms with Crippen molar-refractivity contribution in [1.82, 2.24) is 14.8 Å². The molecule has 2 aromatic rings. The van der Waals surface area contributed by atoms with Gasteiger partial charge in [0.05, 0.1) is 26.4 Å². The summed E-state index contributed by atoms with van der Waals surface area (Å²) < 4.78 is 11.6. The molecule has 6 heteroatoms. The lowest BCUT2D eigenvalue weighted by molar-refractivity contribution is -0.132. The summed E-state index contributed by atoms with van der Waals surface area (Å²) in [5, 5.41) is 0. The lowest BCUT2D eigenvalue weighted by atomic mass is 10.2. The van der Waals surface area contributed by atoms with Crippen LogP contribution in [-0.2, 0) is 22.7 Å². The quantitative estimate of drug-likeness (QED) is 0.685. The number of benzene rings is 1. The standard InChI is InChI=1S/C23H31N3O3/c1-18(2)12-26-15-22(29-17-19-6-4-8-21(10-19)28-3)14-25(16-23(26)27)13-20-7-5-9-24-11-20/h4-11,18,22H,12-17H2,1-3H3. The van der Waals surface area contributed by atoms with Crippen LogP contribution in [0.4, 0.5) is 0 Å². The molecule has 1 aromatic carbocycles. The van der Waals surface area contributed by atoms with Crippen molar-refractivity contribution in [1.29, 1.82) is 0 Å². The summed E-state index contributed by atoms with van der Waals surface area (Å²) >= 11 is 0. The Kier molecular flexibility index (Phi) is 7.61. The summed E-state index contributed by atoms with van der Waals surface area (Å²) in [6.45, 7) is 7.93. The molecule has 0 radical (unpaired) electrons. The van der Waals surface area contributed by atoms with Crippen LogP contribution >= 0.6 is 0 Å². The lowest BCUT2D eigenvalue weighted by Crippen LogP contribution is -2.40. The minimum atomic E-state index is -0.0527. The number of pyridine rings is 1. The molecule has 1 amide bonds. The highest BCUT2D eigenvalue weighted by Gasteiger charge is 2.28. The third kappa shape index (κ3) is 6.54. The van der Waals surface area contributed by atoms with E-state index in [9.17, 15) is 4.79 Å². The van der Waals surface area contributed by atoms with Gasteiger partial charge in [-0.25, -0.2) is 0 Å². The normalized spacial score (nSPS) is 18.1. The highest BCUT2D eigenvalue weighted by Crippen LogP contribution is 2.17. The highest BCUT2D eigenvalue weighted by atomic mass is 16.5. The molecule has 1 aliphatic heterocycles. The minimum Gasteiger partial charge on any atom is -0.497 e. The fraction of sp³-hybridized carbons (Fsp3) is 0.478. The molecule has 1 unspecified atom stereocenters. The second kappa shape index (κ2) is 10.4. The lowest BCUT2D eigenvalue weighted by Gasteiger charge is -2.26. The van der Waals surface area contributed by atoms with Crippen molar-refractivity contribution >= 4 is 5.91 Å². The van der Waals surface area contributed by atoms with E-state index in [1.165, 1.54) is 0 Å². The average Bonchev–Trinajstić information content (AvgIpc) is 2.85. The van der Waals surface area contributed by atoms with E-state index in [0.29, 0.717) is 38.7 Å². The van der Waals surface area contributed by atoms with Gasteiger partial charge in [0.15, 0.2) is 0 Å². The van der Waals surface area contributed by atoms with Gasteiger partial charge in [0.1, 0.15) is 5.75 Å². The van der Waals surface area contributed by atoms with Crippen LogP contribution in [0.5, 0.6) is 5.75 Å². The Morgan fingerprint density at radius 3 is 2.72 bits per heavy atom. The maximum Gasteiger partial charge on any atom is 0.236 e. The number of hydrogen-bond donors (Lipinski definition) is 0. The zero-order chi connectivity index (χ0) is 20.6. The van der Waals surface area contributed by atoms with Crippen LogP contribution in [0.1, 0.15) is 25.0 Å². The number of hydrogen-bond acceptors (Lipinski definition) is 5. The first-order valence-electron chi connectivity index (χ1n) is 10.2. The van der Waals surface area contributed by atoms with Crippen molar-refractivity contribution in [2.75, 3.05) is 33.3 Å².